The molecule has 0 aromatic carbocycles. The van der Waals surface area contributed by atoms with Crippen LogP contribution in [0, 0.1) is 0 Å². The van der Waals surface area contributed by atoms with Gasteiger partial charge in [-0.1, -0.05) is 6.42 Å². The van der Waals surface area contributed by atoms with Crippen molar-refractivity contribution in [3.63, 3.8) is 0 Å². The molecule has 0 amide bonds. The van der Waals surface area contributed by atoms with E-state index >= 15 is 0 Å². The van der Waals surface area contributed by atoms with Gasteiger partial charge in [0.25, 0.3) is 0 Å². The molecular weight excluding hydrogens is 314 g/mol. The van der Waals surface area contributed by atoms with Crippen LogP contribution in [-0.2, 0) is 33.1 Å². The van der Waals surface area contributed by atoms with E-state index in [0.29, 0.717) is 6.54 Å². The average molecular weight is 343 g/mol. The van der Waals surface area contributed by atoms with Crippen LogP contribution in [0.15, 0.2) is 23.3 Å². The Morgan fingerprint density at radius 1 is 1.32 bits per heavy atom. The smallest absolute Gasteiger partial charge is 0.194 e. The number of rotatable bonds is 5. The predicted molar refractivity (Wildman–Crippen MR) is 99.3 cm³/mol. The monoisotopic (exact) mass is 343 g/mol. The molecule has 0 spiro atoms. The van der Waals surface area contributed by atoms with Crippen molar-refractivity contribution in [3.05, 3.63) is 35.7 Å². The van der Waals surface area contributed by atoms with Gasteiger partial charge in [0.2, 0.25) is 0 Å². The number of hydrogen-bond donors (Lipinski definition) is 1. The van der Waals surface area contributed by atoms with E-state index < -0.39 is 0 Å². The fourth-order valence-corrected chi connectivity index (χ4v) is 3.26. The molecule has 25 heavy (non-hydrogen) atoms. The van der Waals surface area contributed by atoms with Gasteiger partial charge in [-0.25, -0.2) is 4.99 Å². The van der Waals surface area contributed by atoms with Crippen molar-refractivity contribution in [2.75, 3.05) is 13.6 Å². The van der Waals surface area contributed by atoms with Crippen molar-refractivity contribution < 1.29 is 0 Å². The van der Waals surface area contributed by atoms with Crippen LogP contribution in [0.25, 0.3) is 0 Å². The van der Waals surface area contributed by atoms with Gasteiger partial charge in [-0.15, -0.1) is 10.2 Å². The maximum Gasteiger partial charge on any atom is 0.194 e. The molecule has 7 nitrogen and oxygen atoms in total. The standard InChI is InChI=1S/C18H29N7/c1-4-19-18(24(3)14-15-9-8-11-23(15)2)20-13-17-22-21-16-10-6-5-7-12-25(16)17/h8-9,11H,4-7,10,12-14H2,1-3H3,(H,19,20). The van der Waals surface area contributed by atoms with Crippen molar-refractivity contribution in [3.8, 4) is 0 Å². The molecule has 3 rings (SSSR count). The Kier molecular flexibility index (Phi) is 5.73. The highest BCUT2D eigenvalue weighted by Gasteiger charge is 2.15. The zero-order valence-electron chi connectivity index (χ0n) is 15.6. The Balaban J connectivity index is 1.72. The first-order chi connectivity index (χ1) is 12.2. The summed E-state index contributed by atoms with van der Waals surface area (Å²) in [6, 6.07) is 4.21. The van der Waals surface area contributed by atoms with Crippen LogP contribution in [0.3, 0.4) is 0 Å². The quantitative estimate of drug-likeness (QED) is 0.666. The third-order valence-corrected chi connectivity index (χ3v) is 4.70. The van der Waals surface area contributed by atoms with Crippen molar-refractivity contribution in [2.24, 2.45) is 12.0 Å². The normalized spacial score (nSPS) is 14.9. The number of fused-ring (bicyclic) bond motifs is 1. The number of nitrogens with zero attached hydrogens (tertiary/aromatic N) is 6. The zero-order chi connectivity index (χ0) is 17.6. The lowest BCUT2D eigenvalue weighted by molar-refractivity contribution is 0.461. The minimum absolute atomic E-state index is 0.562. The van der Waals surface area contributed by atoms with Crippen LogP contribution in [0.2, 0.25) is 0 Å². The number of nitrogens with one attached hydrogen (secondary N) is 1. The number of aromatic nitrogens is 4. The molecule has 0 saturated heterocycles. The minimum Gasteiger partial charge on any atom is -0.357 e. The van der Waals surface area contributed by atoms with Gasteiger partial charge in [0.05, 0.1) is 6.54 Å². The van der Waals surface area contributed by atoms with Crippen LogP contribution in [-0.4, -0.2) is 43.8 Å². The maximum atomic E-state index is 4.80. The maximum absolute atomic E-state index is 4.80. The second-order valence-corrected chi connectivity index (χ2v) is 6.63. The molecule has 1 aliphatic rings. The predicted octanol–water partition coefficient (Wildman–Crippen LogP) is 1.94. The third-order valence-electron chi connectivity index (χ3n) is 4.70. The van der Waals surface area contributed by atoms with Crippen LogP contribution in [0.5, 0.6) is 0 Å². The summed E-state index contributed by atoms with van der Waals surface area (Å²) in [5.74, 6) is 2.99. The molecule has 0 aliphatic carbocycles. The lowest BCUT2D eigenvalue weighted by Crippen LogP contribution is -2.38. The largest absolute Gasteiger partial charge is 0.357 e. The highest BCUT2D eigenvalue weighted by Crippen LogP contribution is 2.15. The molecule has 0 saturated carbocycles. The molecule has 1 aliphatic heterocycles. The van der Waals surface area contributed by atoms with Gasteiger partial charge in [-0.3, -0.25) is 0 Å². The molecule has 0 bridgehead atoms. The molecule has 0 atom stereocenters. The third kappa shape index (κ3) is 4.21. The summed E-state index contributed by atoms with van der Waals surface area (Å²) in [5, 5.41) is 12.1. The Morgan fingerprint density at radius 2 is 2.20 bits per heavy atom. The van der Waals surface area contributed by atoms with E-state index in [1.54, 1.807) is 0 Å². The first kappa shape index (κ1) is 17.5. The van der Waals surface area contributed by atoms with E-state index in [4.69, 9.17) is 4.99 Å². The van der Waals surface area contributed by atoms with Gasteiger partial charge >= 0.3 is 0 Å². The molecule has 0 fully saturated rings. The molecule has 2 aromatic heterocycles. The molecule has 0 radical (unpaired) electrons. The lowest BCUT2D eigenvalue weighted by Gasteiger charge is -2.22. The fraction of sp³-hybridized carbons (Fsp3) is 0.611. The van der Waals surface area contributed by atoms with E-state index in [9.17, 15) is 0 Å². The molecule has 3 heterocycles. The molecular formula is C18H29N7. The van der Waals surface area contributed by atoms with Crippen molar-refractivity contribution in [1.29, 1.82) is 0 Å². The molecule has 7 heteroatoms. The Labute approximate surface area is 149 Å². The van der Waals surface area contributed by atoms with Gasteiger partial charge in [-0.05, 0) is 31.9 Å². The van der Waals surface area contributed by atoms with Gasteiger partial charge in [-0.2, -0.15) is 0 Å². The number of guanidine groups is 1. The minimum atomic E-state index is 0.562. The topological polar surface area (TPSA) is 63.3 Å². The second kappa shape index (κ2) is 8.18. The van der Waals surface area contributed by atoms with Crippen molar-refractivity contribution in [1.82, 2.24) is 29.5 Å². The summed E-state index contributed by atoms with van der Waals surface area (Å²) in [7, 11) is 4.14. The van der Waals surface area contributed by atoms with Gasteiger partial charge in [0.15, 0.2) is 11.8 Å². The molecule has 0 unspecified atom stereocenters. The Morgan fingerprint density at radius 3 is 2.96 bits per heavy atom. The first-order valence-electron chi connectivity index (χ1n) is 9.19. The summed E-state index contributed by atoms with van der Waals surface area (Å²) >= 11 is 0. The van der Waals surface area contributed by atoms with E-state index in [1.165, 1.54) is 25.0 Å². The lowest BCUT2D eigenvalue weighted by atomic mass is 10.2. The number of aliphatic imine (C=N–C) groups is 1. The number of aryl methyl sites for hydroxylation is 2. The highest BCUT2D eigenvalue weighted by atomic mass is 15.3. The van der Waals surface area contributed by atoms with Crippen molar-refractivity contribution >= 4 is 5.96 Å². The van der Waals surface area contributed by atoms with E-state index in [-0.39, 0.29) is 0 Å². The van der Waals surface area contributed by atoms with E-state index in [0.717, 1.165) is 43.7 Å². The summed E-state index contributed by atoms with van der Waals surface area (Å²) in [6.07, 6.45) is 6.79. The van der Waals surface area contributed by atoms with Crippen LogP contribution in [0.4, 0.5) is 0 Å². The van der Waals surface area contributed by atoms with Gasteiger partial charge < -0.3 is 19.4 Å². The highest BCUT2D eigenvalue weighted by molar-refractivity contribution is 5.79. The Bertz CT molecular complexity index is 713. The van der Waals surface area contributed by atoms with Crippen molar-refractivity contribution in [2.45, 2.75) is 52.2 Å². The second-order valence-electron chi connectivity index (χ2n) is 6.63. The van der Waals surface area contributed by atoms with Crippen LogP contribution >= 0.6 is 0 Å². The summed E-state index contributed by atoms with van der Waals surface area (Å²) in [5.41, 5.74) is 1.25. The van der Waals surface area contributed by atoms with Gasteiger partial charge in [0, 0.05) is 45.5 Å². The summed E-state index contributed by atoms with van der Waals surface area (Å²) in [6.45, 7) is 5.33. The summed E-state index contributed by atoms with van der Waals surface area (Å²) < 4.78 is 4.40. The zero-order valence-corrected chi connectivity index (χ0v) is 15.6. The number of hydrogen-bond acceptors (Lipinski definition) is 3. The molecule has 1 N–H and O–H groups in total. The first-order valence-corrected chi connectivity index (χ1v) is 9.19. The van der Waals surface area contributed by atoms with Crippen LogP contribution < -0.4 is 5.32 Å². The average Bonchev–Trinajstić information content (AvgIpc) is 3.09. The SMILES string of the molecule is CCNC(=NCc1nnc2n1CCCCC2)N(C)Cc1cccn1C. The van der Waals surface area contributed by atoms with E-state index in [2.05, 4.69) is 68.9 Å². The van der Waals surface area contributed by atoms with Gasteiger partial charge in [0.1, 0.15) is 12.4 Å². The summed E-state index contributed by atoms with van der Waals surface area (Å²) in [4.78, 5) is 6.95. The Hall–Kier alpha value is -2.31. The fourth-order valence-electron chi connectivity index (χ4n) is 3.26. The molecule has 2 aromatic rings. The molecule has 136 valence electrons. The van der Waals surface area contributed by atoms with E-state index in [1.807, 2.05) is 0 Å². The van der Waals surface area contributed by atoms with Crippen LogP contribution in [0.1, 0.15) is 43.5 Å².